The first-order valence-electron chi connectivity index (χ1n) is 7.77. The summed E-state index contributed by atoms with van der Waals surface area (Å²) in [5.41, 5.74) is 2.02. The quantitative estimate of drug-likeness (QED) is 0.763. The maximum atomic E-state index is 12.6. The van der Waals surface area contributed by atoms with Crippen LogP contribution in [0.2, 0.25) is 0 Å². The van der Waals surface area contributed by atoms with Crippen molar-refractivity contribution in [3.8, 4) is 5.75 Å². The van der Waals surface area contributed by atoms with Gasteiger partial charge in [0.05, 0.1) is 26.0 Å². The van der Waals surface area contributed by atoms with E-state index in [0.717, 1.165) is 26.4 Å². The van der Waals surface area contributed by atoms with E-state index in [1.54, 1.807) is 18.9 Å². The van der Waals surface area contributed by atoms with Crippen molar-refractivity contribution in [2.45, 2.75) is 17.0 Å². The lowest BCUT2D eigenvalue weighted by atomic mass is 10.2. The van der Waals surface area contributed by atoms with E-state index in [2.05, 4.69) is 4.98 Å². The minimum atomic E-state index is 0.0737. The fraction of sp³-hybridized carbons (Fsp3) is 0.412. The molecule has 5 nitrogen and oxygen atoms in total. The van der Waals surface area contributed by atoms with Crippen molar-refractivity contribution < 1.29 is 14.3 Å². The minimum absolute atomic E-state index is 0.0737. The summed E-state index contributed by atoms with van der Waals surface area (Å²) in [5.74, 6) is 1.75. The number of rotatable bonds is 5. The van der Waals surface area contributed by atoms with Crippen LogP contribution in [0.3, 0.4) is 0 Å². The van der Waals surface area contributed by atoms with Crippen LogP contribution in [0.5, 0.6) is 5.75 Å². The molecule has 0 aliphatic carbocycles. The summed E-state index contributed by atoms with van der Waals surface area (Å²) in [6.45, 7) is 4.45. The third-order valence-electron chi connectivity index (χ3n) is 3.79. The van der Waals surface area contributed by atoms with Crippen molar-refractivity contribution in [3.05, 3.63) is 40.4 Å². The Bertz CT molecular complexity index is 694. The Morgan fingerprint density at radius 2 is 2.04 bits per heavy atom. The lowest BCUT2D eigenvalue weighted by molar-refractivity contribution is 0.0305. The number of methoxy groups -OCH3 is 1. The number of aromatic nitrogens is 1. The van der Waals surface area contributed by atoms with E-state index in [9.17, 15) is 4.79 Å². The SMILES string of the molecule is COc1ccc(CSc2nc(C)c(C(=O)N3CCOCC3)s2)cc1. The second-order valence-corrected chi connectivity index (χ2v) is 7.66. The molecule has 1 saturated heterocycles. The van der Waals surface area contributed by atoms with Crippen molar-refractivity contribution in [2.75, 3.05) is 33.4 Å². The average Bonchev–Trinajstić information content (AvgIpc) is 3.01. The monoisotopic (exact) mass is 364 g/mol. The van der Waals surface area contributed by atoms with Gasteiger partial charge in [-0.3, -0.25) is 4.79 Å². The van der Waals surface area contributed by atoms with Gasteiger partial charge < -0.3 is 14.4 Å². The summed E-state index contributed by atoms with van der Waals surface area (Å²) in [6.07, 6.45) is 0. The first-order valence-corrected chi connectivity index (χ1v) is 9.58. The molecule has 1 aliphatic rings. The van der Waals surface area contributed by atoms with Crippen LogP contribution in [0, 0.1) is 6.92 Å². The number of thiazole rings is 1. The number of morpholine rings is 1. The largest absolute Gasteiger partial charge is 0.497 e. The molecular weight excluding hydrogens is 344 g/mol. The molecule has 7 heteroatoms. The van der Waals surface area contributed by atoms with Crippen LogP contribution >= 0.6 is 23.1 Å². The lowest BCUT2D eigenvalue weighted by Gasteiger charge is -2.26. The Labute approximate surface area is 150 Å². The molecule has 2 aromatic rings. The Kier molecular flexibility index (Phi) is 5.76. The van der Waals surface area contributed by atoms with Crippen molar-refractivity contribution in [1.29, 1.82) is 0 Å². The molecule has 2 heterocycles. The van der Waals surface area contributed by atoms with Crippen LogP contribution in [-0.4, -0.2) is 49.2 Å². The molecular formula is C17H20N2O3S2. The number of aryl methyl sites for hydroxylation is 1. The zero-order valence-electron chi connectivity index (χ0n) is 13.8. The van der Waals surface area contributed by atoms with Crippen LogP contribution in [0.4, 0.5) is 0 Å². The lowest BCUT2D eigenvalue weighted by Crippen LogP contribution is -2.40. The molecule has 128 valence electrons. The van der Waals surface area contributed by atoms with Gasteiger partial charge in [-0.1, -0.05) is 23.9 Å². The zero-order chi connectivity index (χ0) is 16.9. The summed E-state index contributed by atoms with van der Waals surface area (Å²) < 4.78 is 11.4. The van der Waals surface area contributed by atoms with Gasteiger partial charge in [-0.15, -0.1) is 11.3 Å². The molecule has 1 fully saturated rings. The highest BCUT2D eigenvalue weighted by Crippen LogP contribution is 2.31. The third-order valence-corrected chi connectivity index (χ3v) is 6.15. The second kappa shape index (κ2) is 8.00. The Hall–Kier alpha value is -1.57. The maximum absolute atomic E-state index is 12.6. The third kappa shape index (κ3) is 4.09. The number of nitrogens with zero attached hydrogens (tertiary/aromatic N) is 2. The van der Waals surface area contributed by atoms with Gasteiger partial charge >= 0.3 is 0 Å². The average molecular weight is 364 g/mol. The van der Waals surface area contributed by atoms with Crippen LogP contribution < -0.4 is 4.74 Å². The van der Waals surface area contributed by atoms with Gasteiger partial charge in [0.25, 0.3) is 5.91 Å². The highest BCUT2D eigenvalue weighted by molar-refractivity contribution is 8.00. The number of carbonyl (C=O) groups excluding carboxylic acids is 1. The Balaban J connectivity index is 1.63. The normalized spacial score (nSPS) is 14.7. The van der Waals surface area contributed by atoms with Gasteiger partial charge in [-0.05, 0) is 24.6 Å². The summed E-state index contributed by atoms with van der Waals surface area (Å²) >= 11 is 3.14. The topological polar surface area (TPSA) is 51.7 Å². The van der Waals surface area contributed by atoms with Crippen molar-refractivity contribution in [2.24, 2.45) is 0 Å². The number of amides is 1. The molecule has 0 spiro atoms. The van der Waals surface area contributed by atoms with E-state index < -0.39 is 0 Å². The van der Waals surface area contributed by atoms with E-state index in [0.29, 0.717) is 26.3 Å². The van der Waals surface area contributed by atoms with E-state index in [1.807, 2.05) is 36.1 Å². The van der Waals surface area contributed by atoms with Gasteiger partial charge in [-0.2, -0.15) is 0 Å². The van der Waals surface area contributed by atoms with Crippen molar-refractivity contribution >= 4 is 29.0 Å². The summed E-state index contributed by atoms with van der Waals surface area (Å²) in [5, 5.41) is 0. The van der Waals surface area contributed by atoms with Crippen LogP contribution in [0.1, 0.15) is 20.9 Å². The van der Waals surface area contributed by atoms with Gasteiger partial charge in [0.15, 0.2) is 4.34 Å². The fourth-order valence-corrected chi connectivity index (χ4v) is 4.52. The van der Waals surface area contributed by atoms with Crippen molar-refractivity contribution in [1.82, 2.24) is 9.88 Å². The minimum Gasteiger partial charge on any atom is -0.497 e. The number of hydrogen-bond donors (Lipinski definition) is 0. The van der Waals surface area contributed by atoms with E-state index in [-0.39, 0.29) is 5.91 Å². The van der Waals surface area contributed by atoms with Gasteiger partial charge in [0, 0.05) is 18.8 Å². The second-order valence-electron chi connectivity index (χ2n) is 5.44. The van der Waals surface area contributed by atoms with E-state index in [1.165, 1.54) is 16.9 Å². The fourth-order valence-electron chi connectivity index (χ4n) is 2.41. The smallest absolute Gasteiger partial charge is 0.266 e. The summed E-state index contributed by atoms with van der Waals surface area (Å²) in [4.78, 5) is 19.7. The molecule has 3 rings (SSSR count). The van der Waals surface area contributed by atoms with E-state index in [4.69, 9.17) is 9.47 Å². The molecule has 1 aliphatic heterocycles. The van der Waals surface area contributed by atoms with Crippen LogP contribution in [0.15, 0.2) is 28.6 Å². The highest BCUT2D eigenvalue weighted by Gasteiger charge is 2.23. The number of hydrogen-bond acceptors (Lipinski definition) is 6. The molecule has 0 N–H and O–H groups in total. The predicted molar refractivity (Wildman–Crippen MR) is 96.1 cm³/mol. The van der Waals surface area contributed by atoms with Crippen LogP contribution in [-0.2, 0) is 10.5 Å². The number of carbonyl (C=O) groups is 1. The first-order chi connectivity index (χ1) is 11.7. The Morgan fingerprint density at radius 1 is 1.33 bits per heavy atom. The summed E-state index contributed by atoms with van der Waals surface area (Å²) in [7, 11) is 1.66. The highest BCUT2D eigenvalue weighted by atomic mass is 32.2. The van der Waals surface area contributed by atoms with E-state index >= 15 is 0 Å². The van der Waals surface area contributed by atoms with Crippen LogP contribution in [0.25, 0.3) is 0 Å². The van der Waals surface area contributed by atoms with Gasteiger partial charge in [0.1, 0.15) is 10.6 Å². The standard InChI is InChI=1S/C17H20N2O3S2/c1-12-15(16(20)19-7-9-22-10-8-19)24-17(18-12)23-11-13-3-5-14(21-2)6-4-13/h3-6H,7-11H2,1-2H3. The molecule has 1 aromatic carbocycles. The molecule has 0 radical (unpaired) electrons. The molecule has 24 heavy (non-hydrogen) atoms. The Morgan fingerprint density at radius 3 is 2.71 bits per heavy atom. The first kappa shape index (κ1) is 17.3. The maximum Gasteiger partial charge on any atom is 0.266 e. The number of ether oxygens (including phenoxy) is 2. The molecule has 1 aromatic heterocycles. The molecule has 0 saturated carbocycles. The molecule has 0 bridgehead atoms. The number of thioether (sulfide) groups is 1. The molecule has 0 atom stereocenters. The van der Waals surface area contributed by atoms with Crippen molar-refractivity contribution in [3.63, 3.8) is 0 Å². The molecule has 0 unspecified atom stereocenters. The van der Waals surface area contributed by atoms with Gasteiger partial charge in [-0.25, -0.2) is 4.98 Å². The summed E-state index contributed by atoms with van der Waals surface area (Å²) in [6, 6.07) is 8.00. The molecule has 1 amide bonds. The zero-order valence-corrected chi connectivity index (χ0v) is 15.4. The predicted octanol–water partition coefficient (Wildman–Crippen LogP) is 3.22. The number of benzene rings is 1. The van der Waals surface area contributed by atoms with Gasteiger partial charge in [0.2, 0.25) is 0 Å².